The highest BCUT2D eigenvalue weighted by atomic mass is 32.2. The smallest absolute Gasteiger partial charge is 0.283 e. The van der Waals surface area contributed by atoms with Crippen LogP contribution in [0.2, 0.25) is 0 Å². The van der Waals surface area contributed by atoms with Crippen molar-refractivity contribution in [3.05, 3.63) is 59.4 Å². The predicted molar refractivity (Wildman–Crippen MR) is 111 cm³/mol. The number of thiazole rings is 1. The highest BCUT2D eigenvalue weighted by Gasteiger charge is 2.15. The first-order valence-electron chi connectivity index (χ1n) is 8.36. The number of methoxy groups -OCH3 is 2. The van der Waals surface area contributed by atoms with Crippen LogP contribution >= 0.6 is 11.3 Å². The third-order valence-electron chi connectivity index (χ3n) is 4.13. The van der Waals surface area contributed by atoms with Gasteiger partial charge in [0.15, 0.2) is 4.80 Å². The lowest BCUT2D eigenvalue weighted by atomic mass is 10.2. The molecule has 0 aliphatic heterocycles. The molecule has 0 saturated carbocycles. The molecule has 2 aromatic carbocycles. The summed E-state index contributed by atoms with van der Waals surface area (Å²) in [5, 5.41) is 5.22. The van der Waals surface area contributed by atoms with Crippen molar-refractivity contribution < 1.29 is 22.7 Å². The molecule has 0 aliphatic carbocycles. The van der Waals surface area contributed by atoms with E-state index in [0.29, 0.717) is 27.5 Å². The average molecular weight is 434 g/mol. The Morgan fingerprint density at radius 1 is 1.24 bits per heavy atom. The van der Waals surface area contributed by atoms with Gasteiger partial charge >= 0.3 is 0 Å². The van der Waals surface area contributed by atoms with E-state index in [4.69, 9.17) is 14.6 Å². The Morgan fingerprint density at radius 2 is 2.00 bits per heavy atom. The third-order valence-corrected chi connectivity index (χ3v) is 6.08. The standard InChI is InChI=1S/C19H19N3O5S2/c1-4-9-22-15-8-6-13(29(20,24)25)11-17(15)28-19(22)21-18(23)14-7-5-12(26-2)10-16(14)27-3/h4-8,10-11H,1,9H2,2-3H3,(H2,20,24,25). The van der Waals surface area contributed by atoms with E-state index < -0.39 is 15.9 Å². The topological polar surface area (TPSA) is 113 Å². The van der Waals surface area contributed by atoms with Crippen LogP contribution in [0.25, 0.3) is 10.2 Å². The summed E-state index contributed by atoms with van der Waals surface area (Å²) < 4.78 is 36.1. The zero-order chi connectivity index (χ0) is 21.2. The van der Waals surface area contributed by atoms with E-state index in [1.165, 1.54) is 37.7 Å². The average Bonchev–Trinajstić information content (AvgIpc) is 3.03. The maximum absolute atomic E-state index is 12.8. The Kier molecular flexibility index (Phi) is 5.87. The van der Waals surface area contributed by atoms with Crippen molar-refractivity contribution in [1.29, 1.82) is 0 Å². The number of rotatable bonds is 6. The number of benzene rings is 2. The summed E-state index contributed by atoms with van der Waals surface area (Å²) in [5.74, 6) is 0.393. The van der Waals surface area contributed by atoms with Gasteiger partial charge in [0.1, 0.15) is 11.5 Å². The molecule has 0 saturated heterocycles. The van der Waals surface area contributed by atoms with Gasteiger partial charge in [0.25, 0.3) is 5.91 Å². The van der Waals surface area contributed by atoms with Crippen molar-refractivity contribution in [2.75, 3.05) is 14.2 Å². The summed E-state index contributed by atoms with van der Waals surface area (Å²) in [4.78, 5) is 17.4. The van der Waals surface area contributed by atoms with E-state index in [0.717, 1.165) is 5.52 Å². The number of sulfonamides is 1. The van der Waals surface area contributed by atoms with Crippen LogP contribution in [0.15, 0.2) is 58.9 Å². The number of nitrogens with two attached hydrogens (primary N) is 1. The monoisotopic (exact) mass is 433 g/mol. The quantitative estimate of drug-likeness (QED) is 0.599. The fraction of sp³-hybridized carbons (Fsp3) is 0.158. The van der Waals surface area contributed by atoms with Crippen LogP contribution in [0.3, 0.4) is 0 Å². The molecule has 0 radical (unpaired) electrons. The normalized spacial score (nSPS) is 12.2. The van der Waals surface area contributed by atoms with Gasteiger partial charge in [0, 0.05) is 12.6 Å². The lowest BCUT2D eigenvalue weighted by Gasteiger charge is -2.07. The molecule has 29 heavy (non-hydrogen) atoms. The summed E-state index contributed by atoms with van der Waals surface area (Å²) in [5.41, 5.74) is 0.997. The number of nitrogens with zero attached hydrogens (tertiary/aromatic N) is 2. The fourth-order valence-electron chi connectivity index (χ4n) is 2.74. The van der Waals surface area contributed by atoms with Gasteiger partial charge in [-0.1, -0.05) is 17.4 Å². The van der Waals surface area contributed by atoms with E-state index in [9.17, 15) is 13.2 Å². The molecular weight excluding hydrogens is 414 g/mol. The number of ether oxygens (including phenoxy) is 2. The number of carbonyl (C=O) groups excluding carboxylic acids is 1. The first kappa shape index (κ1) is 20.8. The minimum absolute atomic E-state index is 0.00768. The van der Waals surface area contributed by atoms with Gasteiger partial charge in [-0.25, -0.2) is 13.6 Å². The maximum atomic E-state index is 12.8. The molecule has 152 valence electrons. The van der Waals surface area contributed by atoms with Crippen LogP contribution in [0.5, 0.6) is 11.5 Å². The van der Waals surface area contributed by atoms with Crippen LogP contribution in [0.1, 0.15) is 10.4 Å². The Morgan fingerprint density at radius 3 is 2.62 bits per heavy atom. The first-order chi connectivity index (χ1) is 13.8. The second-order valence-electron chi connectivity index (χ2n) is 5.94. The minimum atomic E-state index is -3.84. The van der Waals surface area contributed by atoms with Crippen LogP contribution in [-0.2, 0) is 16.6 Å². The number of fused-ring (bicyclic) bond motifs is 1. The summed E-state index contributed by atoms with van der Waals surface area (Å²) >= 11 is 1.18. The molecule has 0 spiro atoms. The molecule has 0 atom stereocenters. The Labute approximate surface area is 171 Å². The Balaban J connectivity index is 2.17. The number of amides is 1. The van der Waals surface area contributed by atoms with Gasteiger partial charge in [-0.3, -0.25) is 4.79 Å². The van der Waals surface area contributed by atoms with Gasteiger partial charge < -0.3 is 14.0 Å². The number of hydrogen-bond donors (Lipinski definition) is 1. The van der Waals surface area contributed by atoms with E-state index in [1.807, 2.05) is 0 Å². The molecule has 0 unspecified atom stereocenters. The molecule has 3 aromatic rings. The van der Waals surface area contributed by atoms with Crippen LogP contribution in [-0.4, -0.2) is 33.1 Å². The molecule has 2 N–H and O–H groups in total. The highest BCUT2D eigenvalue weighted by Crippen LogP contribution is 2.26. The fourth-order valence-corrected chi connectivity index (χ4v) is 4.44. The van der Waals surface area contributed by atoms with E-state index in [-0.39, 0.29) is 10.5 Å². The number of primary sulfonamides is 1. The van der Waals surface area contributed by atoms with Crippen molar-refractivity contribution >= 4 is 37.5 Å². The van der Waals surface area contributed by atoms with Gasteiger partial charge in [-0.2, -0.15) is 4.99 Å². The van der Waals surface area contributed by atoms with E-state index in [1.54, 1.807) is 34.9 Å². The predicted octanol–water partition coefficient (Wildman–Crippen LogP) is 2.29. The number of aromatic nitrogens is 1. The maximum Gasteiger partial charge on any atom is 0.283 e. The lowest BCUT2D eigenvalue weighted by Crippen LogP contribution is -2.16. The molecule has 0 bridgehead atoms. The molecule has 1 aromatic heterocycles. The largest absolute Gasteiger partial charge is 0.497 e. The van der Waals surface area contributed by atoms with Crippen LogP contribution in [0.4, 0.5) is 0 Å². The molecule has 8 nitrogen and oxygen atoms in total. The van der Waals surface area contributed by atoms with Crippen molar-refractivity contribution in [3.8, 4) is 11.5 Å². The molecule has 0 aliphatic rings. The SMILES string of the molecule is C=CCn1c(=NC(=O)c2ccc(OC)cc2OC)sc2cc(S(N)(=O)=O)ccc21. The van der Waals surface area contributed by atoms with E-state index in [2.05, 4.69) is 11.6 Å². The summed E-state index contributed by atoms with van der Waals surface area (Å²) in [6, 6.07) is 9.34. The van der Waals surface area contributed by atoms with Gasteiger partial charge in [-0.15, -0.1) is 6.58 Å². The zero-order valence-electron chi connectivity index (χ0n) is 15.8. The van der Waals surface area contributed by atoms with E-state index >= 15 is 0 Å². The Hall–Kier alpha value is -2.95. The van der Waals surface area contributed by atoms with Gasteiger partial charge in [-0.05, 0) is 30.3 Å². The molecular formula is C19H19N3O5S2. The van der Waals surface area contributed by atoms with Crippen molar-refractivity contribution in [3.63, 3.8) is 0 Å². The lowest BCUT2D eigenvalue weighted by molar-refractivity contribution is 0.0995. The summed E-state index contributed by atoms with van der Waals surface area (Å²) in [6.07, 6.45) is 1.66. The second kappa shape index (κ2) is 8.19. The summed E-state index contributed by atoms with van der Waals surface area (Å²) in [7, 11) is -0.865. The minimum Gasteiger partial charge on any atom is -0.497 e. The third kappa shape index (κ3) is 4.24. The number of allylic oxidation sites excluding steroid dienone is 1. The Bertz CT molecular complexity index is 1270. The second-order valence-corrected chi connectivity index (χ2v) is 8.51. The number of carbonyl (C=O) groups is 1. The van der Waals surface area contributed by atoms with Crippen LogP contribution < -0.4 is 19.4 Å². The van der Waals surface area contributed by atoms with Crippen LogP contribution in [0, 0.1) is 0 Å². The van der Waals surface area contributed by atoms with Crippen molar-refractivity contribution in [2.24, 2.45) is 10.1 Å². The highest BCUT2D eigenvalue weighted by molar-refractivity contribution is 7.89. The zero-order valence-corrected chi connectivity index (χ0v) is 17.4. The van der Waals surface area contributed by atoms with Gasteiger partial charge in [0.05, 0.1) is 34.9 Å². The van der Waals surface area contributed by atoms with Crippen molar-refractivity contribution in [1.82, 2.24) is 4.57 Å². The molecule has 0 fully saturated rings. The summed E-state index contributed by atoms with van der Waals surface area (Å²) in [6.45, 7) is 4.12. The molecule has 1 amide bonds. The molecule has 10 heteroatoms. The number of hydrogen-bond acceptors (Lipinski definition) is 6. The first-order valence-corrected chi connectivity index (χ1v) is 10.7. The van der Waals surface area contributed by atoms with Crippen molar-refractivity contribution in [2.45, 2.75) is 11.4 Å². The van der Waals surface area contributed by atoms with Gasteiger partial charge in [0.2, 0.25) is 10.0 Å². The molecule has 3 rings (SSSR count). The molecule has 1 heterocycles.